The van der Waals surface area contributed by atoms with Crippen LogP contribution in [0.5, 0.6) is 23.0 Å². The summed E-state index contributed by atoms with van der Waals surface area (Å²) in [7, 11) is 0. The number of ketones is 1. The van der Waals surface area contributed by atoms with Crippen molar-refractivity contribution in [1.82, 2.24) is 0 Å². The summed E-state index contributed by atoms with van der Waals surface area (Å²) in [5.74, 6) is 1.00. The zero-order valence-electron chi connectivity index (χ0n) is 17.8. The fourth-order valence-corrected chi connectivity index (χ4v) is 3.32. The summed E-state index contributed by atoms with van der Waals surface area (Å²) >= 11 is 0. The van der Waals surface area contributed by atoms with E-state index in [1.165, 1.54) is 0 Å². The van der Waals surface area contributed by atoms with Crippen LogP contribution in [0, 0.1) is 0 Å². The van der Waals surface area contributed by atoms with Crippen LogP contribution in [0.15, 0.2) is 72.5 Å². The van der Waals surface area contributed by atoms with E-state index in [-0.39, 0.29) is 17.3 Å². The number of carbonyl (C=O) groups excluding carboxylic acids is 2. The van der Waals surface area contributed by atoms with Gasteiger partial charge in [0.25, 0.3) is 0 Å². The average Bonchev–Trinajstić information content (AvgIpc) is 3.11. The fraction of sp³-hybridized carbons (Fsp3) is 0.154. The Labute approximate surface area is 186 Å². The van der Waals surface area contributed by atoms with Crippen LogP contribution >= 0.6 is 0 Å². The number of benzene rings is 3. The second kappa shape index (κ2) is 9.39. The van der Waals surface area contributed by atoms with Gasteiger partial charge in [0.2, 0.25) is 5.78 Å². The van der Waals surface area contributed by atoms with Gasteiger partial charge in [0, 0.05) is 11.6 Å². The Morgan fingerprint density at radius 3 is 2.47 bits per heavy atom. The first-order valence-corrected chi connectivity index (χ1v) is 10.3. The number of rotatable bonds is 7. The van der Waals surface area contributed by atoms with E-state index in [1.54, 1.807) is 66.7 Å². The van der Waals surface area contributed by atoms with Crippen LogP contribution < -0.4 is 18.9 Å². The number of allylic oxidation sites excluding steroid dienone is 1. The van der Waals surface area contributed by atoms with Crippen molar-refractivity contribution in [3.05, 3.63) is 89.2 Å². The van der Waals surface area contributed by atoms with E-state index in [9.17, 15) is 9.59 Å². The van der Waals surface area contributed by atoms with Crippen molar-refractivity contribution in [3.8, 4) is 23.0 Å². The summed E-state index contributed by atoms with van der Waals surface area (Å²) in [4.78, 5) is 25.6. The van der Waals surface area contributed by atoms with Gasteiger partial charge in [-0.2, -0.15) is 0 Å². The van der Waals surface area contributed by atoms with Crippen molar-refractivity contribution in [2.75, 3.05) is 13.2 Å². The van der Waals surface area contributed by atoms with Crippen LogP contribution in [0.4, 0.5) is 0 Å². The second-order valence-electron chi connectivity index (χ2n) is 6.89. The third-order valence-corrected chi connectivity index (χ3v) is 4.75. The minimum atomic E-state index is -0.527. The molecule has 3 aromatic carbocycles. The highest BCUT2D eigenvalue weighted by atomic mass is 16.6. The maximum absolute atomic E-state index is 12.9. The molecule has 3 aromatic rings. The molecule has 32 heavy (non-hydrogen) atoms. The lowest BCUT2D eigenvalue weighted by Gasteiger charge is -2.13. The van der Waals surface area contributed by atoms with E-state index in [0.717, 1.165) is 0 Å². The number of hydrogen-bond acceptors (Lipinski definition) is 6. The third-order valence-electron chi connectivity index (χ3n) is 4.75. The van der Waals surface area contributed by atoms with Crippen LogP contribution in [-0.2, 0) is 0 Å². The Kier molecular flexibility index (Phi) is 6.22. The molecule has 0 amide bonds. The van der Waals surface area contributed by atoms with Crippen molar-refractivity contribution < 1.29 is 28.5 Å². The monoisotopic (exact) mass is 430 g/mol. The van der Waals surface area contributed by atoms with Gasteiger partial charge < -0.3 is 18.9 Å². The zero-order chi connectivity index (χ0) is 22.5. The molecule has 1 heterocycles. The predicted octanol–water partition coefficient (Wildman–Crippen LogP) is 5.32. The molecular formula is C26H22O6. The maximum Gasteiger partial charge on any atom is 0.343 e. The number of esters is 1. The smallest absolute Gasteiger partial charge is 0.343 e. The second-order valence-corrected chi connectivity index (χ2v) is 6.89. The molecule has 0 aromatic heterocycles. The number of para-hydroxylation sites is 1. The molecular weight excluding hydrogens is 408 g/mol. The van der Waals surface area contributed by atoms with Crippen molar-refractivity contribution in [2.24, 2.45) is 0 Å². The van der Waals surface area contributed by atoms with E-state index in [1.807, 2.05) is 19.9 Å². The summed E-state index contributed by atoms with van der Waals surface area (Å²) in [6.45, 7) is 4.62. The molecule has 0 N–H and O–H groups in total. The molecule has 0 radical (unpaired) electrons. The summed E-state index contributed by atoms with van der Waals surface area (Å²) in [6, 6.07) is 19.0. The van der Waals surface area contributed by atoms with Gasteiger partial charge in [0.1, 0.15) is 11.5 Å². The highest BCUT2D eigenvalue weighted by molar-refractivity contribution is 6.14. The molecule has 6 heteroatoms. The molecule has 0 saturated heterocycles. The average molecular weight is 430 g/mol. The summed E-state index contributed by atoms with van der Waals surface area (Å²) in [5.41, 5.74) is 1.34. The predicted molar refractivity (Wildman–Crippen MR) is 120 cm³/mol. The third kappa shape index (κ3) is 4.34. The Morgan fingerprint density at radius 1 is 0.938 bits per heavy atom. The number of fused-ring (bicyclic) bond motifs is 1. The molecule has 6 nitrogen and oxygen atoms in total. The van der Waals surface area contributed by atoms with Gasteiger partial charge >= 0.3 is 5.97 Å². The van der Waals surface area contributed by atoms with E-state index in [0.29, 0.717) is 47.2 Å². The fourth-order valence-electron chi connectivity index (χ4n) is 3.32. The Hall–Kier alpha value is -4.06. The summed E-state index contributed by atoms with van der Waals surface area (Å²) in [6.07, 6.45) is 1.55. The SMILES string of the molecule is CCOc1ccc2c(c1)O/C(=C\c1cccc(OCC)c1OC(=O)c1ccccc1)C2=O. The first-order chi connectivity index (χ1) is 15.6. The number of Topliss-reactive ketones (excluding diaryl/α,β-unsaturated/α-hetero) is 1. The van der Waals surface area contributed by atoms with Gasteiger partial charge in [-0.3, -0.25) is 4.79 Å². The lowest BCUT2D eigenvalue weighted by atomic mass is 10.1. The zero-order valence-corrected chi connectivity index (χ0v) is 17.8. The topological polar surface area (TPSA) is 71.1 Å². The first-order valence-electron chi connectivity index (χ1n) is 10.3. The van der Waals surface area contributed by atoms with Crippen molar-refractivity contribution >= 4 is 17.8 Å². The first kappa shape index (κ1) is 21.2. The molecule has 1 aliphatic heterocycles. The van der Waals surface area contributed by atoms with Gasteiger partial charge in [-0.05, 0) is 50.3 Å². The minimum absolute atomic E-state index is 0.124. The van der Waals surface area contributed by atoms with Crippen LogP contribution in [-0.4, -0.2) is 25.0 Å². The summed E-state index contributed by atoms with van der Waals surface area (Å²) in [5, 5.41) is 0. The van der Waals surface area contributed by atoms with E-state index < -0.39 is 5.97 Å². The van der Waals surface area contributed by atoms with E-state index in [2.05, 4.69) is 0 Å². The molecule has 0 spiro atoms. The highest BCUT2D eigenvalue weighted by Crippen LogP contribution is 2.38. The lowest BCUT2D eigenvalue weighted by Crippen LogP contribution is -2.11. The largest absolute Gasteiger partial charge is 0.494 e. The van der Waals surface area contributed by atoms with Gasteiger partial charge in [-0.1, -0.05) is 30.3 Å². The van der Waals surface area contributed by atoms with Gasteiger partial charge in [-0.25, -0.2) is 4.79 Å². The minimum Gasteiger partial charge on any atom is -0.494 e. The molecule has 0 saturated carbocycles. The Morgan fingerprint density at radius 2 is 1.72 bits per heavy atom. The quantitative estimate of drug-likeness (QED) is 0.287. The number of ether oxygens (including phenoxy) is 4. The van der Waals surface area contributed by atoms with E-state index >= 15 is 0 Å². The number of hydrogen-bond donors (Lipinski definition) is 0. The molecule has 162 valence electrons. The van der Waals surface area contributed by atoms with Crippen LogP contribution in [0.2, 0.25) is 0 Å². The molecule has 1 aliphatic rings. The lowest BCUT2D eigenvalue weighted by molar-refractivity contribution is 0.0728. The van der Waals surface area contributed by atoms with Gasteiger partial charge in [0.05, 0.1) is 24.3 Å². The van der Waals surface area contributed by atoms with Gasteiger partial charge in [-0.15, -0.1) is 0 Å². The molecule has 0 unspecified atom stereocenters. The highest BCUT2D eigenvalue weighted by Gasteiger charge is 2.28. The maximum atomic E-state index is 12.9. The van der Waals surface area contributed by atoms with Crippen LogP contribution in [0.3, 0.4) is 0 Å². The Balaban J connectivity index is 1.69. The summed E-state index contributed by atoms with van der Waals surface area (Å²) < 4.78 is 22.6. The number of carbonyl (C=O) groups is 2. The molecule has 4 rings (SSSR count). The van der Waals surface area contributed by atoms with Gasteiger partial charge in [0.15, 0.2) is 17.3 Å². The van der Waals surface area contributed by atoms with Crippen LogP contribution in [0.1, 0.15) is 40.1 Å². The standard InChI is InChI=1S/C26H22O6/c1-3-29-19-13-14-20-22(16-19)31-23(24(20)27)15-18-11-8-12-21(30-4-2)25(18)32-26(28)17-9-6-5-7-10-17/h5-16H,3-4H2,1-2H3/b23-15-. The molecule has 0 aliphatic carbocycles. The van der Waals surface area contributed by atoms with Crippen molar-refractivity contribution in [3.63, 3.8) is 0 Å². The molecule has 0 atom stereocenters. The molecule has 0 fully saturated rings. The molecule has 0 bridgehead atoms. The van der Waals surface area contributed by atoms with Crippen LogP contribution in [0.25, 0.3) is 6.08 Å². The van der Waals surface area contributed by atoms with Crippen molar-refractivity contribution in [1.29, 1.82) is 0 Å². The Bertz CT molecular complexity index is 1180. The van der Waals surface area contributed by atoms with Crippen molar-refractivity contribution in [2.45, 2.75) is 13.8 Å². The van der Waals surface area contributed by atoms with E-state index in [4.69, 9.17) is 18.9 Å². The normalized spacial score (nSPS) is 13.4.